The van der Waals surface area contributed by atoms with Crippen LogP contribution in [0.5, 0.6) is 0 Å². The standard InChI is InChI=1S/C25H35FN6O4S/c1-5-27-23(33)31-19-11-20(32-24(34)28-6-2)22-16(19)10-21(37(35,36)30-13-25(3,4)26)15-9-18(14-7-8-14)29-12-17(15)22/h9-10,12,14,19-20,30H,5-8,11,13H2,1-4H3,(H2,27,31,33)(H2,28,32,34)/t19-,20+/m1/s1. The van der Waals surface area contributed by atoms with E-state index in [4.69, 9.17) is 0 Å². The van der Waals surface area contributed by atoms with Gasteiger partial charge in [-0.05, 0) is 70.2 Å². The minimum atomic E-state index is -4.12. The van der Waals surface area contributed by atoms with Crippen LogP contribution in [0.15, 0.2) is 23.2 Å². The summed E-state index contributed by atoms with van der Waals surface area (Å²) in [7, 11) is -4.12. The summed E-state index contributed by atoms with van der Waals surface area (Å²) >= 11 is 0. The molecule has 0 unspecified atom stereocenters. The van der Waals surface area contributed by atoms with Gasteiger partial charge in [0, 0.05) is 48.2 Å². The van der Waals surface area contributed by atoms with Crippen LogP contribution in [0, 0.1) is 0 Å². The van der Waals surface area contributed by atoms with Crippen molar-refractivity contribution < 1.29 is 22.4 Å². The predicted molar refractivity (Wildman–Crippen MR) is 139 cm³/mol. The second kappa shape index (κ2) is 10.4. The Morgan fingerprint density at radius 2 is 1.65 bits per heavy atom. The number of pyridine rings is 1. The van der Waals surface area contributed by atoms with Gasteiger partial charge in [0.05, 0.1) is 17.0 Å². The van der Waals surface area contributed by atoms with E-state index >= 15 is 0 Å². The first-order valence-electron chi connectivity index (χ1n) is 12.7. The first-order chi connectivity index (χ1) is 17.4. The van der Waals surface area contributed by atoms with E-state index < -0.39 is 40.4 Å². The van der Waals surface area contributed by atoms with Crippen LogP contribution in [0.3, 0.4) is 0 Å². The van der Waals surface area contributed by atoms with E-state index in [0.717, 1.165) is 18.5 Å². The molecule has 1 heterocycles. The molecular weight excluding hydrogens is 499 g/mol. The average Bonchev–Trinajstić information content (AvgIpc) is 3.61. The van der Waals surface area contributed by atoms with Crippen molar-refractivity contribution in [3.05, 3.63) is 35.2 Å². The van der Waals surface area contributed by atoms with Crippen molar-refractivity contribution in [3.8, 4) is 0 Å². The zero-order valence-corrected chi connectivity index (χ0v) is 22.4. The number of benzene rings is 1. The lowest BCUT2D eigenvalue weighted by atomic mass is 9.98. The number of nitrogens with one attached hydrogen (secondary N) is 5. The van der Waals surface area contributed by atoms with E-state index in [1.54, 1.807) is 19.2 Å². The molecule has 37 heavy (non-hydrogen) atoms. The highest BCUT2D eigenvalue weighted by molar-refractivity contribution is 7.89. The minimum Gasteiger partial charge on any atom is -0.338 e. The third-order valence-electron chi connectivity index (χ3n) is 6.53. The van der Waals surface area contributed by atoms with Crippen LogP contribution in [0.2, 0.25) is 0 Å². The van der Waals surface area contributed by atoms with Crippen LogP contribution in [0.1, 0.15) is 81.8 Å². The van der Waals surface area contributed by atoms with Crippen LogP contribution in [0.4, 0.5) is 14.0 Å². The smallest absolute Gasteiger partial charge is 0.315 e. The lowest BCUT2D eigenvalue weighted by molar-refractivity contribution is 0.221. The Bertz CT molecular complexity index is 1310. The van der Waals surface area contributed by atoms with Crippen molar-refractivity contribution in [3.63, 3.8) is 0 Å². The zero-order valence-electron chi connectivity index (χ0n) is 21.6. The molecule has 0 bridgehead atoms. The Morgan fingerprint density at radius 1 is 1.03 bits per heavy atom. The second-order valence-corrected chi connectivity index (χ2v) is 11.9. The van der Waals surface area contributed by atoms with E-state index in [1.807, 2.05) is 6.92 Å². The SMILES string of the molecule is CCNC(=O)N[C@H]1C[C@@H](NC(=O)NCC)c2cc(S(=O)(=O)NCC(C)(C)F)c3cc(C4CC4)ncc3c21. The van der Waals surface area contributed by atoms with Crippen LogP contribution in [-0.2, 0) is 10.0 Å². The summed E-state index contributed by atoms with van der Waals surface area (Å²) in [4.78, 5) is 29.5. The normalized spacial score (nSPS) is 19.4. The van der Waals surface area contributed by atoms with Gasteiger partial charge in [0.25, 0.3) is 0 Å². The monoisotopic (exact) mass is 534 g/mol. The lowest BCUT2D eigenvalue weighted by Gasteiger charge is -2.20. The molecule has 0 aliphatic heterocycles. The van der Waals surface area contributed by atoms with Crippen molar-refractivity contribution in [1.82, 2.24) is 31.0 Å². The van der Waals surface area contributed by atoms with Gasteiger partial charge in [-0.3, -0.25) is 4.98 Å². The fraction of sp³-hybridized carbons (Fsp3) is 0.560. The van der Waals surface area contributed by atoms with Gasteiger partial charge in [-0.15, -0.1) is 0 Å². The molecule has 12 heteroatoms. The van der Waals surface area contributed by atoms with Gasteiger partial charge in [-0.2, -0.15) is 0 Å². The fourth-order valence-electron chi connectivity index (χ4n) is 4.68. The summed E-state index contributed by atoms with van der Waals surface area (Å²) in [5.41, 5.74) is 0.339. The number of rotatable bonds is 9. The molecule has 1 fully saturated rings. The number of aromatic nitrogens is 1. The molecule has 0 saturated heterocycles. The lowest BCUT2D eigenvalue weighted by Crippen LogP contribution is -2.39. The Labute approximate surface area is 216 Å². The van der Waals surface area contributed by atoms with Gasteiger partial charge in [0.1, 0.15) is 5.67 Å². The number of amides is 4. The van der Waals surface area contributed by atoms with Crippen molar-refractivity contribution in [1.29, 1.82) is 0 Å². The van der Waals surface area contributed by atoms with Crippen LogP contribution in [0.25, 0.3) is 10.8 Å². The Hall–Kier alpha value is -2.99. The number of hydrogen-bond acceptors (Lipinski definition) is 5. The topological polar surface area (TPSA) is 141 Å². The average molecular weight is 535 g/mol. The molecule has 0 radical (unpaired) electrons. The summed E-state index contributed by atoms with van der Waals surface area (Å²) < 4.78 is 43.6. The number of alkyl halides is 1. The molecule has 1 saturated carbocycles. The van der Waals surface area contributed by atoms with Crippen molar-refractivity contribution >= 4 is 32.9 Å². The van der Waals surface area contributed by atoms with Crippen molar-refractivity contribution in [2.24, 2.45) is 0 Å². The quantitative estimate of drug-likeness (QED) is 0.336. The van der Waals surface area contributed by atoms with Crippen molar-refractivity contribution in [2.75, 3.05) is 19.6 Å². The number of urea groups is 2. The van der Waals surface area contributed by atoms with Crippen LogP contribution >= 0.6 is 0 Å². The summed E-state index contributed by atoms with van der Waals surface area (Å²) in [6.07, 6.45) is 3.96. The predicted octanol–water partition coefficient (Wildman–Crippen LogP) is 3.26. The number of sulfonamides is 1. The van der Waals surface area contributed by atoms with Gasteiger partial charge in [-0.1, -0.05) is 0 Å². The fourth-order valence-corrected chi connectivity index (χ4v) is 6.11. The molecule has 0 spiro atoms. The van der Waals surface area contributed by atoms with Gasteiger partial charge in [0.2, 0.25) is 10.0 Å². The largest absolute Gasteiger partial charge is 0.338 e. The molecule has 1 aromatic heterocycles. The molecular formula is C25H35FN6O4S. The highest BCUT2D eigenvalue weighted by Crippen LogP contribution is 2.46. The highest BCUT2D eigenvalue weighted by atomic mass is 32.2. The van der Waals surface area contributed by atoms with E-state index in [-0.39, 0.29) is 16.8 Å². The maximum atomic E-state index is 14.2. The van der Waals surface area contributed by atoms with Gasteiger partial charge in [-0.25, -0.2) is 27.1 Å². The summed E-state index contributed by atoms with van der Waals surface area (Å²) in [5.74, 6) is 0.280. The minimum absolute atomic E-state index is 0.00356. The number of carbonyl (C=O) groups excluding carboxylic acids is 2. The number of hydrogen-bond donors (Lipinski definition) is 5. The maximum Gasteiger partial charge on any atom is 0.315 e. The first-order valence-corrected chi connectivity index (χ1v) is 14.2. The number of carbonyl (C=O) groups is 2. The zero-order chi connectivity index (χ0) is 27.0. The summed E-state index contributed by atoms with van der Waals surface area (Å²) in [6, 6.07) is 1.51. The molecule has 4 rings (SSSR count). The highest BCUT2D eigenvalue weighted by Gasteiger charge is 2.38. The third-order valence-corrected chi connectivity index (χ3v) is 7.97. The first kappa shape index (κ1) is 27.1. The summed E-state index contributed by atoms with van der Waals surface area (Å²) in [6.45, 7) is 6.66. The van der Waals surface area contributed by atoms with E-state index in [1.165, 1.54) is 19.9 Å². The van der Waals surface area contributed by atoms with E-state index in [2.05, 4.69) is 31.0 Å². The Balaban J connectivity index is 1.88. The number of halogens is 1. The van der Waals surface area contributed by atoms with Gasteiger partial charge >= 0.3 is 12.1 Å². The van der Waals surface area contributed by atoms with Crippen LogP contribution in [-0.4, -0.2) is 50.8 Å². The number of nitrogens with zero attached hydrogens (tertiary/aromatic N) is 1. The molecule has 2 atom stereocenters. The molecule has 10 nitrogen and oxygen atoms in total. The van der Waals surface area contributed by atoms with Crippen LogP contribution < -0.4 is 26.0 Å². The van der Waals surface area contributed by atoms with E-state index in [0.29, 0.717) is 41.4 Å². The number of fused-ring (bicyclic) bond motifs is 3. The Morgan fingerprint density at radius 3 is 2.22 bits per heavy atom. The molecule has 4 amide bonds. The second-order valence-electron chi connectivity index (χ2n) is 10.2. The van der Waals surface area contributed by atoms with Gasteiger partial charge in [0.15, 0.2) is 0 Å². The maximum absolute atomic E-state index is 14.2. The molecule has 2 aromatic rings. The molecule has 1 aromatic carbocycles. The Kier molecular flexibility index (Phi) is 7.61. The van der Waals surface area contributed by atoms with Gasteiger partial charge < -0.3 is 21.3 Å². The molecule has 2 aliphatic carbocycles. The summed E-state index contributed by atoms with van der Waals surface area (Å²) in [5, 5.41) is 12.3. The van der Waals surface area contributed by atoms with Crippen molar-refractivity contribution in [2.45, 2.75) is 75.5 Å². The molecule has 5 N–H and O–H groups in total. The third kappa shape index (κ3) is 6.12. The molecule has 2 aliphatic rings. The van der Waals surface area contributed by atoms with E-state index in [9.17, 15) is 22.4 Å². The molecule has 202 valence electrons.